The fourth-order valence-corrected chi connectivity index (χ4v) is 2.29. The molecule has 92 valence electrons. The summed E-state index contributed by atoms with van der Waals surface area (Å²) < 4.78 is 13.4. The normalized spacial score (nSPS) is 18.4. The first kappa shape index (κ1) is 12.1. The van der Waals surface area contributed by atoms with E-state index in [2.05, 4.69) is 4.99 Å². The van der Waals surface area contributed by atoms with Crippen LogP contribution in [-0.2, 0) is 0 Å². The number of rotatable bonds is 2. The van der Waals surface area contributed by atoms with Crippen molar-refractivity contribution < 1.29 is 4.39 Å². The molecule has 0 unspecified atom stereocenters. The number of halogens is 1. The van der Waals surface area contributed by atoms with Crippen LogP contribution in [0.25, 0.3) is 0 Å². The van der Waals surface area contributed by atoms with Crippen LogP contribution >= 0.6 is 0 Å². The molecule has 0 saturated heterocycles. The lowest BCUT2D eigenvalue weighted by Gasteiger charge is -2.20. The van der Waals surface area contributed by atoms with Crippen molar-refractivity contribution >= 4 is 11.5 Å². The highest BCUT2D eigenvalue weighted by atomic mass is 19.1. The third-order valence-corrected chi connectivity index (χ3v) is 3.44. The Morgan fingerprint density at radius 2 is 2.00 bits per heavy atom. The Kier molecular flexibility index (Phi) is 3.77. The fourth-order valence-electron chi connectivity index (χ4n) is 2.29. The molecule has 0 aliphatic heterocycles. The molecule has 1 aromatic carbocycles. The number of amidine groups is 1. The number of aryl methyl sites for hydroxylation is 1. The Hall–Kier alpha value is -1.38. The molecule has 1 saturated carbocycles. The van der Waals surface area contributed by atoms with Gasteiger partial charge in [0.1, 0.15) is 11.7 Å². The molecule has 0 radical (unpaired) electrons. The van der Waals surface area contributed by atoms with Crippen molar-refractivity contribution in [3.63, 3.8) is 0 Å². The first-order chi connectivity index (χ1) is 8.16. The summed E-state index contributed by atoms with van der Waals surface area (Å²) in [5.41, 5.74) is 7.26. The summed E-state index contributed by atoms with van der Waals surface area (Å²) >= 11 is 0. The largest absolute Gasteiger partial charge is 0.387 e. The predicted molar refractivity (Wildman–Crippen MR) is 69.0 cm³/mol. The van der Waals surface area contributed by atoms with Gasteiger partial charge in [-0.1, -0.05) is 25.3 Å². The maximum absolute atomic E-state index is 13.4. The van der Waals surface area contributed by atoms with Crippen LogP contribution in [0.2, 0.25) is 0 Å². The van der Waals surface area contributed by atoms with Crippen molar-refractivity contribution in [1.29, 1.82) is 0 Å². The first-order valence-electron chi connectivity index (χ1n) is 6.27. The van der Waals surface area contributed by atoms with Crippen molar-refractivity contribution in [3.8, 4) is 0 Å². The smallest absolute Gasteiger partial charge is 0.128 e. The van der Waals surface area contributed by atoms with Crippen molar-refractivity contribution in [2.75, 3.05) is 0 Å². The van der Waals surface area contributed by atoms with Gasteiger partial charge in [0.15, 0.2) is 0 Å². The molecule has 0 amide bonds. The molecule has 1 aromatic rings. The lowest BCUT2D eigenvalue weighted by Crippen LogP contribution is -2.25. The summed E-state index contributed by atoms with van der Waals surface area (Å²) in [5, 5.41) is 0. The molecule has 2 nitrogen and oxygen atoms in total. The van der Waals surface area contributed by atoms with E-state index in [0.29, 0.717) is 23.0 Å². The van der Waals surface area contributed by atoms with E-state index < -0.39 is 0 Å². The minimum Gasteiger partial charge on any atom is -0.387 e. The van der Waals surface area contributed by atoms with Crippen LogP contribution in [0.5, 0.6) is 0 Å². The van der Waals surface area contributed by atoms with Gasteiger partial charge in [-0.2, -0.15) is 0 Å². The second-order valence-corrected chi connectivity index (χ2v) is 4.81. The standard InChI is InChI=1S/C14H19FN2/c1-10-7-8-12(9-13(10)15)17-14(16)11-5-3-2-4-6-11/h7-9,11H,2-6H2,1H3,(H2,16,17). The minimum atomic E-state index is -0.220. The van der Waals surface area contributed by atoms with E-state index in [4.69, 9.17) is 5.73 Å². The van der Waals surface area contributed by atoms with Gasteiger partial charge in [0.2, 0.25) is 0 Å². The molecule has 1 aliphatic rings. The van der Waals surface area contributed by atoms with E-state index >= 15 is 0 Å². The highest BCUT2D eigenvalue weighted by Crippen LogP contribution is 2.25. The van der Waals surface area contributed by atoms with Gasteiger partial charge in [-0.3, -0.25) is 0 Å². The fraction of sp³-hybridized carbons (Fsp3) is 0.500. The Labute approximate surface area is 102 Å². The summed E-state index contributed by atoms with van der Waals surface area (Å²) in [6.07, 6.45) is 5.97. The summed E-state index contributed by atoms with van der Waals surface area (Å²) in [6, 6.07) is 5.00. The maximum atomic E-state index is 13.4. The third kappa shape index (κ3) is 3.05. The van der Waals surface area contributed by atoms with Crippen LogP contribution in [0.15, 0.2) is 23.2 Å². The van der Waals surface area contributed by atoms with Crippen LogP contribution in [0.4, 0.5) is 10.1 Å². The van der Waals surface area contributed by atoms with Gasteiger partial charge in [-0.25, -0.2) is 9.38 Å². The number of nitrogens with two attached hydrogens (primary N) is 1. The van der Waals surface area contributed by atoms with Crippen molar-refractivity contribution in [1.82, 2.24) is 0 Å². The van der Waals surface area contributed by atoms with Gasteiger partial charge in [0.05, 0.1) is 5.69 Å². The third-order valence-electron chi connectivity index (χ3n) is 3.44. The Morgan fingerprint density at radius 3 is 2.65 bits per heavy atom. The van der Waals surface area contributed by atoms with Crippen molar-refractivity contribution in [3.05, 3.63) is 29.6 Å². The van der Waals surface area contributed by atoms with E-state index in [1.54, 1.807) is 13.0 Å². The van der Waals surface area contributed by atoms with E-state index in [-0.39, 0.29) is 5.82 Å². The quantitative estimate of drug-likeness (QED) is 0.615. The Balaban J connectivity index is 2.13. The average Bonchev–Trinajstić information content (AvgIpc) is 2.35. The van der Waals surface area contributed by atoms with Crippen molar-refractivity contribution in [2.45, 2.75) is 39.0 Å². The monoisotopic (exact) mass is 234 g/mol. The van der Waals surface area contributed by atoms with Gasteiger partial charge >= 0.3 is 0 Å². The first-order valence-corrected chi connectivity index (χ1v) is 6.27. The maximum Gasteiger partial charge on any atom is 0.128 e. The van der Waals surface area contributed by atoms with Crippen LogP contribution in [0, 0.1) is 18.7 Å². The molecule has 0 heterocycles. The lowest BCUT2D eigenvalue weighted by atomic mass is 9.88. The highest BCUT2D eigenvalue weighted by molar-refractivity contribution is 5.85. The molecule has 1 fully saturated rings. The molecule has 3 heteroatoms. The second kappa shape index (κ2) is 5.30. The summed E-state index contributed by atoms with van der Waals surface area (Å²) in [7, 11) is 0. The molecule has 2 N–H and O–H groups in total. The van der Waals surface area contributed by atoms with E-state index in [1.807, 2.05) is 6.07 Å². The Bertz CT molecular complexity index is 420. The highest BCUT2D eigenvalue weighted by Gasteiger charge is 2.16. The van der Waals surface area contributed by atoms with Crippen LogP contribution in [-0.4, -0.2) is 5.84 Å². The van der Waals surface area contributed by atoms with E-state index in [0.717, 1.165) is 12.8 Å². The molecular formula is C14H19FN2. The summed E-state index contributed by atoms with van der Waals surface area (Å²) in [5.74, 6) is 0.823. The SMILES string of the molecule is Cc1ccc(N=C(N)C2CCCCC2)cc1F. The summed E-state index contributed by atoms with van der Waals surface area (Å²) in [6.45, 7) is 1.74. The molecule has 0 aromatic heterocycles. The number of nitrogens with zero attached hydrogens (tertiary/aromatic N) is 1. The van der Waals surface area contributed by atoms with Crippen LogP contribution < -0.4 is 5.73 Å². The zero-order valence-corrected chi connectivity index (χ0v) is 10.2. The zero-order valence-electron chi connectivity index (χ0n) is 10.2. The van der Waals surface area contributed by atoms with E-state index in [9.17, 15) is 4.39 Å². The molecular weight excluding hydrogens is 215 g/mol. The van der Waals surface area contributed by atoms with Crippen LogP contribution in [0.3, 0.4) is 0 Å². The van der Waals surface area contributed by atoms with Gasteiger partial charge < -0.3 is 5.73 Å². The number of benzene rings is 1. The summed E-state index contributed by atoms with van der Waals surface area (Å²) in [4.78, 5) is 4.34. The minimum absolute atomic E-state index is 0.220. The zero-order chi connectivity index (χ0) is 12.3. The van der Waals surface area contributed by atoms with Gasteiger partial charge in [-0.15, -0.1) is 0 Å². The van der Waals surface area contributed by atoms with Crippen LogP contribution in [0.1, 0.15) is 37.7 Å². The number of hydrogen-bond acceptors (Lipinski definition) is 1. The van der Waals surface area contributed by atoms with E-state index in [1.165, 1.54) is 25.3 Å². The van der Waals surface area contributed by atoms with Gasteiger partial charge in [0.25, 0.3) is 0 Å². The molecule has 2 rings (SSSR count). The Morgan fingerprint density at radius 1 is 1.29 bits per heavy atom. The molecule has 17 heavy (non-hydrogen) atoms. The lowest BCUT2D eigenvalue weighted by molar-refractivity contribution is 0.437. The molecule has 0 bridgehead atoms. The average molecular weight is 234 g/mol. The van der Waals surface area contributed by atoms with Gasteiger partial charge in [0, 0.05) is 5.92 Å². The van der Waals surface area contributed by atoms with Gasteiger partial charge in [-0.05, 0) is 37.5 Å². The predicted octanol–water partition coefficient (Wildman–Crippen LogP) is 3.70. The second-order valence-electron chi connectivity index (χ2n) is 4.81. The molecule has 1 aliphatic carbocycles. The van der Waals surface area contributed by atoms with Crippen molar-refractivity contribution in [2.24, 2.45) is 16.6 Å². The molecule has 0 spiro atoms. The number of hydrogen-bond donors (Lipinski definition) is 1. The molecule has 0 atom stereocenters. The number of aliphatic imine (C=N–C) groups is 1. The topological polar surface area (TPSA) is 38.4 Å².